The lowest BCUT2D eigenvalue weighted by atomic mass is 9.80. The van der Waals surface area contributed by atoms with Crippen LogP contribution in [0.3, 0.4) is 0 Å². The van der Waals surface area contributed by atoms with Crippen molar-refractivity contribution in [3.05, 3.63) is 30.3 Å². The predicted octanol–water partition coefficient (Wildman–Crippen LogP) is 2.45. The van der Waals surface area contributed by atoms with Crippen molar-refractivity contribution in [3.63, 3.8) is 0 Å². The molecule has 3 amide bonds. The molecule has 2 fully saturated rings. The van der Waals surface area contributed by atoms with Crippen molar-refractivity contribution in [1.82, 2.24) is 5.32 Å². The molecule has 4 nitrogen and oxygen atoms in total. The van der Waals surface area contributed by atoms with E-state index >= 15 is 0 Å². The van der Waals surface area contributed by atoms with Gasteiger partial charge in [0.05, 0.1) is 0 Å². The van der Waals surface area contributed by atoms with Gasteiger partial charge in [-0.05, 0) is 25.0 Å². The number of benzene rings is 1. The Kier molecular flexibility index (Phi) is 2.58. The van der Waals surface area contributed by atoms with Crippen LogP contribution in [0.1, 0.15) is 32.1 Å². The molecule has 3 rings (SSSR count). The highest BCUT2D eigenvalue weighted by Crippen LogP contribution is 2.39. The standard InChI is InChI=1S/C14H16N2O2/c17-12-14(9-5-2-6-10-14)16(13(18)15-12)11-7-3-1-4-8-11/h1,3-4,7-8H,2,5-6,9-10H2,(H,15,17,18). The first-order chi connectivity index (χ1) is 8.74. The van der Waals surface area contributed by atoms with Crippen LogP contribution in [0.5, 0.6) is 0 Å². The van der Waals surface area contributed by atoms with Gasteiger partial charge in [0.1, 0.15) is 5.54 Å². The molecule has 0 radical (unpaired) electrons. The van der Waals surface area contributed by atoms with Gasteiger partial charge in [0.15, 0.2) is 0 Å². The molecule has 2 aliphatic rings. The number of hydrogen-bond acceptors (Lipinski definition) is 2. The topological polar surface area (TPSA) is 49.4 Å². The number of carbonyl (C=O) groups is 2. The van der Waals surface area contributed by atoms with Gasteiger partial charge in [0.25, 0.3) is 5.91 Å². The summed E-state index contributed by atoms with van der Waals surface area (Å²) < 4.78 is 0. The molecule has 0 unspecified atom stereocenters. The van der Waals surface area contributed by atoms with E-state index in [9.17, 15) is 9.59 Å². The van der Waals surface area contributed by atoms with E-state index in [2.05, 4.69) is 5.32 Å². The van der Waals surface area contributed by atoms with E-state index < -0.39 is 5.54 Å². The Hall–Kier alpha value is -1.84. The second-order valence-electron chi connectivity index (χ2n) is 5.02. The quantitative estimate of drug-likeness (QED) is 0.771. The molecule has 1 spiro atoms. The Morgan fingerprint density at radius 3 is 2.33 bits per heavy atom. The van der Waals surface area contributed by atoms with E-state index in [4.69, 9.17) is 0 Å². The van der Waals surface area contributed by atoms with Gasteiger partial charge >= 0.3 is 6.03 Å². The van der Waals surface area contributed by atoms with Crippen molar-refractivity contribution >= 4 is 17.6 Å². The summed E-state index contributed by atoms with van der Waals surface area (Å²) in [5, 5.41) is 2.47. The lowest BCUT2D eigenvalue weighted by Crippen LogP contribution is -2.51. The van der Waals surface area contributed by atoms with Crippen LogP contribution in [0.2, 0.25) is 0 Å². The molecular weight excluding hydrogens is 228 g/mol. The van der Waals surface area contributed by atoms with Gasteiger partial charge in [-0.15, -0.1) is 0 Å². The van der Waals surface area contributed by atoms with Gasteiger partial charge in [0.2, 0.25) is 0 Å². The SMILES string of the molecule is O=C1NC(=O)C2(CCCCC2)N1c1ccccc1. The zero-order valence-electron chi connectivity index (χ0n) is 10.2. The highest BCUT2D eigenvalue weighted by molar-refractivity contribution is 6.16. The summed E-state index contributed by atoms with van der Waals surface area (Å²) in [5.74, 6) is -0.129. The van der Waals surface area contributed by atoms with Crippen LogP contribution < -0.4 is 10.2 Å². The van der Waals surface area contributed by atoms with Crippen LogP contribution in [0, 0.1) is 0 Å². The van der Waals surface area contributed by atoms with Crippen molar-refractivity contribution in [3.8, 4) is 0 Å². The molecule has 4 heteroatoms. The van der Waals surface area contributed by atoms with Crippen LogP contribution in [0.25, 0.3) is 0 Å². The Morgan fingerprint density at radius 1 is 1.00 bits per heavy atom. The summed E-state index contributed by atoms with van der Waals surface area (Å²) >= 11 is 0. The van der Waals surface area contributed by atoms with E-state index in [-0.39, 0.29) is 11.9 Å². The second kappa shape index (κ2) is 4.12. The fourth-order valence-corrected chi connectivity index (χ4v) is 3.09. The number of rotatable bonds is 1. The first-order valence-electron chi connectivity index (χ1n) is 6.45. The van der Waals surface area contributed by atoms with Crippen LogP contribution in [-0.2, 0) is 4.79 Å². The Bertz CT molecular complexity index is 478. The third-order valence-corrected chi connectivity index (χ3v) is 3.97. The van der Waals surface area contributed by atoms with Gasteiger partial charge in [-0.1, -0.05) is 37.5 Å². The lowest BCUT2D eigenvalue weighted by Gasteiger charge is -2.38. The molecule has 94 valence electrons. The maximum Gasteiger partial charge on any atom is 0.329 e. The van der Waals surface area contributed by atoms with E-state index in [1.807, 2.05) is 30.3 Å². The normalized spacial score (nSPS) is 22.3. The molecule has 1 saturated carbocycles. The van der Waals surface area contributed by atoms with Crippen LogP contribution >= 0.6 is 0 Å². The minimum Gasteiger partial charge on any atom is -0.279 e. The molecule has 1 heterocycles. The molecule has 1 N–H and O–H groups in total. The number of nitrogens with zero attached hydrogens (tertiary/aromatic N) is 1. The van der Waals surface area contributed by atoms with Gasteiger partial charge in [-0.2, -0.15) is 0 Å². The second-order valence-corrected chi connectivity index (χ2v) is 5.02. The molecule has 1 aliphatic carbocycles. The zero-order valence-corrected chi connectivity index (χ0v) is 10.2. The molecular formula is C14H16N2O2. The van der Waals surface area contributed by atoms with E-state index in [1.165, 1.54) is 0 Å². The molecule has 0 bridgehead atoms. The average molecular weight is 244 g/mol. The Labute approximate surface area is 106 Å². The van der Waals surface area contributed by atoms with Crippen LogP contribution in [-0.4, -0.2) is 17.5 Å². The van der Waals surface area contributed by atoms with Gasteiger partial charge in [-0.3, -0.25) is 15.0 Å². The monoisotopic (exact) mass is 244 g/mol. The molecule has 18 heavy (non-hydrogen) atoms. The summed E-state index contributed by atoms with van der Waals surface area (Å²) in [6, 6.07) is 9.17. The molecule has 0 atom stereocenters. The number of amides is 3. The van der Waals surface area contributed by atoms with Crippen molar-refractivity contribution in [2.75, 3.05) is 4.90 Å². The molecule has 1 aromatic carbocycles. The largest absolute Gasteiger partial charge is 0.329 e. The van der Waals surface area contributed by atoms with Gasteiger partial charge < -0.3 is 0 Å². The molecule has 0 aromatic heterocycles. The zero-order chi connectivity index (χ0) is 12.6. The third kappa shape index (κ3) is 1.52. The predicted molar refractivity (Wildman–Crippen MR) is 68.3 cm³/mol. The molecule has 1 saturated heterocycles. The number of anilines is 1. The van der Waals surface area contributed by atoms with Crippen molar-refractivity contribution < 1.29 is 9.59 Å². The highest BCUT2D eigenvalue weighted by Gasteiger charge is 2.53. The fourth-order valence-electron chi connectivity index (χ4n) is 3.09. The number of para-hydroxylation sites is 1. The number of nitrogens with one attached hydrogen (secondary N) is 1. The summed E-state index contributed by atoms with van der Waals surface area (Å²) in [6.45, 7) is 0. The fraction of sp³-hybridized carbons (Fsp3) is 0.429. The van der Waals surface area contributed by atoms with E-state index in [0.29, 0.717) is 0 Å². The van der Waals surface area contributed by atoms with E-state index in [0.717, 1.165) is 37.8 Å². The summed E-state index contributed by atoms with van der Waals surface area (Å²) in [7, 11) is 0. The average Bonchev–Trinajstić information content (AvgIpc) is 2.63. The number of carbonyl (C=O) groups excluding carboxylic acids is 2. The smallest absolute Gasteiger partial charge is 0.279 e. The van der Waals surface area contributed by atoms with Crippen LogP contribution in [0.4, 0.5) is 10.5 Å². The number of hydrogen-bond donors (Lipinski definition) is 1. The maximum absolute atomic E-state index is 12.2. The lowest BCUT2D eigenvalue weighted by molar-refractivity contribution is -0.124. The van der Waals surface area contributed by atoms with Gasteiger partial charge in [-0.25, -0.2) is 4.79 Å². The number of urea groups is 1. The van der Waals surface area contributed by atoms with Crippen molar-refractivity contribution in [2.45, 2.75) is 37.6 Å². The number of imide groups is 1. The highest BCUT2D eigenvalue weighted by atomic mass is 16.2. The maximum atomic E-state index is 12.2. The molecule has 1 aromatic rings. The van der Waals surface area contributed by atoms with Crippen LogP contribution in [0.15, 0.2) is 30.3 Å². The Balaban J connectivity index is 2.04. The van der Waals surface area contributed by atoms with E-state index in [1.54, 1.807) is 4.90 Å². The summed E-state index contributed by atoms with van der Waals surface area (Å²) in [4.78, 5) is 25.9. The minimum absolute atomic E-state index is 0.129. The van der Waals surface area contributed by atoms with Gasteiger partial charge in [0, 0.05) is 5.69 Å². The van der Waals surface area contributed by atoms with Crippen molar-refractivity contribution in [2.24, 2.45) is 0 Å². The first kappa shape index (κ1) is 11.3. The minimum atomic E-state index is -0.642. The van der Waals surface area contributed by atoms with Crippen molar-refractivity contribution in [1.29, 1.82) is 0 Å². The summed E-state index contributed by atoms with van der Waals surface area (Å²) in [5.41, 5.74) is 0.166. The Morgan fingerprint density at radius 2 is 1.67 bits per heavy atom. The molecule has 1 aliphatic heterocycles. The third-order valence-electron chi connectivity index (χ3n) is 3.97. The first-order valence-corrected chi connectivity index (χ1v) is 6.45. The summed E-state index contributed by atoms with van der Waals surface area (Å²) in [6.07, 6.45) is 4.68.